The van der Waals surface area contributed by atoms with E-state index < -0.39 is 24.5 Å². The fourth-order valence-electron chi connectivity index (χ4n) is 3.39. The van der Waals surface area contributed by atoms with Gasteiger partial charge in [0, 0.05) is 31.4 Å². The maximum Gasteiger partial charge on any atom is 0.387 e. The maximum absolute atomic E-state index is 13.2. The molecule has 2 heterocycles. The first kappa shape index (κ1) is 28.8. The summed E-state index contributed by atoms with van der Waals surface area (Å²) in [5.41, 5.74) is 0.153. The SMILES string of the molecule is CC(C)(C)CN[C@@H](CNC(=O)c1ccc(Cl)s1)C(=O)Nc1ccc(N2CCOCC2=O)cc1OC(F)F. The monoisotopic (exact) mass is 558 g/mol. The Balaban J connectivity index is 1.77. The first-order valence-electron chi connectivity index (χ1n) is 11.5. The van der Waals surface area contributed by atoms with Crippen LogP contribution in [0.5, 0.6) is 5.75 Å². The summed E-state index contributed by atoms with van der Waals surface area (Å²) in [5.74, 6) is -1.58. The number of alkyl halides is 2. The number of anilines is 2. The molecule has 1 fully saturated rings. The molecular formula is C24H29ClF2N4O5S. The van der Waals surface area contributed by atoms with Crippen LogP contribution < -0.4 is 25.6 Å². The van der Waals surface area contributed by atoms with E-state index in [0.717, 1.165) is 11.3 Å². The van der Waals surface area contributed by atoms with Crippen LogP contribution in [0.3, 0.4) is 0 Å². The molecule has 0 unspecified atom stereocenters. The van der Waals surface area contributed by atoms with Crippen LogP contribution in [-0.2, 0) is 14.3 Å². The van der Waals surface area contributed by atoms with Crippen LogP contribution in [0.4, 0.5) is 20.2 Å². The van der Waals surface area contributed by atoms with Crippen molar-refractivity contribution in [2.24, 2.45) is 5.41 Å². The quantitative estimate of drug-likeness (QED) is 0.410. The Morgan fingerprint density at radius 1 is 1.24 bits per heavy atom. The van der Waals surface area contributed by atoms with Gasteiger partial charge in [-0.15, -0.1) is 11.3 Å². The predicted molar refractivity (Wildman–Crippen MR) is 138 cm³/mol. The van der Waals surface area contributed by atoms with Gasteiger partial charge in [0.2, 0.25) is 5.91 Å². The summed E-state index contributed by atoms with van der Waals surface area (Å²) in [6.07, 6.45) is 0. The predicted octanol–water partition coefficient (Wildman–Crippen LogP) is 3.74. The lowest BCUT2D eigenvalue weighted by Crippen LogP contribution is -2.50. The number of ether oxygens (including phenoxy) is 2. The average Bonchev–Trinajstić information content (AvgIpc) is 3.25. The zero-order chi connectivity index (χ0) is 27.2. The fraction of sp³-hybridized carbons (Fsp3) is 0.458. The van der Waals surface area contributed by atoms with E-state index in [1.807, 2.05) is 20.8 Å². The van der Waals surface area contributed by atoms with Gasteiger partial charge in [-0.2, -0.15) is 8.78 Å². The second kappa shape index (κ2) is 12.6. The number of nitrogens with zero attached hydrogens (tertiary/aromatic N) is 1. The Morgan fingerprint density at radius 2 is 2.00 bits per heavy atom. The third kappa shape index (κ3) is 8.63. The van der Waals surface area contributed by atoms with Gasteiger partial charge in [0.15, 0.2) is 5.75 Å². The molecule has 3 amide bonds. The van der Waals surface area contributed by atoms with Crippen molar-refractivity contribution in [1.82, 2.24) is 10.6 Å². The lowest BCUT2D eigenvalue weighted by molar-refractivity contribution is -0.125. The molecule has 1 aliphatic rings. The Hall–Kier alpha value is -2.80. The van der Waals surface area contributed by atoms with Crippen LogP contribution in [0.15, 0.2) is 30.3 Å². The highest BCUT2D eigenvalue weighted by Gasteiger charge is 2.26. The standard InChI is InChI=1S/C24H29ClF2N4O5S/c1-24(2,3)13-29-16(11-28-22(34)18-6-7-19(25)37-18)21(33)30-15-5-4-14(10-17(15)36-23(26)27)31-8-9-35-12-20(31)32/h4-7,10,16,23,29H,8-9,11-13H2,1-3H3,(H,28,34)(H,30,33)/t16-/m0/s1. The van der Waals surface area contributed by atoms with E-state index in [2.05, 4.69) is 20.7 Å². The van der Waals surface area contributed by atoms with E-state index >= 15 is 0 Å². The van der Waals surface area contributed by atoms with Crippen molar-refractivity contribution >= 4 is 52.0 Å². The summed E-state index contributed by atoms with van der Waals surface area (Å²) in [4.78, 5) is 39.6. The molecule has 0 bridgehead atoms. The highest BCUT2D eigenvalue weighted by Crippen LogP contribution is 2.32. The lowest BCUT2D eigenvalue weighted by Gasteiger charge is -2.28. The Bertz CT molecular complexity index is 1120. The van der Waals surface area contributed by atoms with Gasteiger partial charge in [0.1, 0.15) is 12.6 Å². The van der Waals surface area contributed by atoms with Gasteiger partial charge in [-0.3, -0.25) is 14.4 Å². The molecule has 1 aromatic heterocycles. The number of nitrogens with one attached hydrogen (secondary N) is 3. The molecule has 0 saturated carbocycles. The molecule has 0 spiro atoms. The maximum atomic E-state index is 13.2. The highest BCUT2D eigenvalue weighted by atomic mass is 35.5. The van der Waals surface area contributed by atoms with Crippen molar-refractivity contribution in [3.05, 3.63) is 39.5 Å². The number of thiophene rings is 1. The molecule has 3 rings (SSSR count). The molecule has 1 aliphatic heterocycles. The molecular weight excluding hydrogens is 530 g/mol. The van der Waals surface area contributed by atoms with Crippen molar-refractivity contribution in [1.29, 1.82) is 0 Å². The van der Waals surface area contributed by atoms with Gasteiger partial charge >= 0.3 is 6.61 Å². The zero-order valence-electron chi connectivity index (χ0n) is 20.6. The molecule has 37 heavy (non-hydrogen) atoms. The zero-order valence-corrected chi connectivity index (χ0v) is 22.2. The Labute approximate surface area is 222 Å². The lowest BCUT2D eigenvalue weighted by atomic mass is 9.96. The minimum absolute atomic E-state index is 0.00585. The third-order valence-electron chi connectivity index (χ3n) is 5.20. The van der Waals surface area contributed by atoms with Crippen molar-refractivity contribution in [3.8, 4) is 5.75 Å². The average molecular weight is 559 g/mol. The van der Waals surface area contributed by atoms with Crippen molar-refractivity contribution < 1.29 is 32.6 Å². The smallest absolute Gasteiger partial charge is 0.387 e. The second-order valence-electron chi connectivity index (χ2n) is 9.45. The number of benzene rings is 1. The summed E-state index contributed by atoms with van der Waals surface area (Å²) < 4.78 is 36.5. The molecule has 1 aromatic carbocycles. The molecule has 9 nitrogen and oxygen atoms in total. The van der Waals surface area contributed by atoms with Crippen molar-refractivity contribution in [3.63, 3.8) is 0 Å². The van der Waals surface area contributed by atoms with Crippen LogP contribution in [0.1, 0.15) is 30.4 Å². The normalized spacial score (nSPS) is 15.0. The van der Waals surface area contributed by atoms with E-state index in [1.165, 1.54) is 23.1 Å². The van der Waals surface area contributed by atoms with E-state index in [1.54, 1.807) is 12.1 Å². The van der Waals surface area contributed by atoms with Crippen LogP contribution in [0, 0.1) is 5.41 Å². The summed E-state index contributed by atoms with van der Waals surface area (Å²) >= 11 is 7.00. The number of halogens is 3. The van der Waals surface area contributed by atoms with Crippen LogP contribution >= 0.6 is 22.9 Å². The molecule has 0 aliphatic carbocycles. The Kier molecular flexibility index (Phi) is 9.82. The summed E-state index contributed by atoms with van der Waals surface area (Å²) in [7, 11) is 0. The number of rotatable bonds is 10. The first-order valence-corrected chi connectivity index (χ1v) is 12.7. The number of hydrogen-bond donors (Lipinski definition) is 3. The second-order valence-corrected chi connectivity index (χ2v) is 11.2. The van der Waals surface area contributed by atoms with Gasteiger partial charge in [0.05, 0.1) is 21.5 Å². The third-order valence-corrected chi connectivity index (χ3v) is 6.43. The molecule has 1 saturated heterocycles. The number of carbonyl (C=O) groups is 3. The molecule has 202 valence electrons. The molecule has 13 heteroatoms. The van der Waals surface area contributed by atoms with E-state index in [-0.39, 0.29) is 42.5 Å². The molecule has 1 atom stereocenters. The van der Waals surface area contributed by atoms with E-state index in [0.29, 0.717) is 28.1 Å². The van der Waals surface area contributed by atoms with E-state index in [9.17, 15) is 23.2 Å². The number of carbonyl (C=O) groups excluding carboxylic acids is 3. The van der Waals surface area contributed by atoms with Crippen LogP contribution in [-0.4, -0.2) is 63.2 Å². The summed E-state index contributed by atoms with van der Waals surface area (Å²) in [5, 5.41) is 8.42. The fourth-order valence-corrected chi connectivity index (χ4v) is 4.35. The number of amides is 3. The topological polar surface area (TPSA) is 109 Å². The minimum Gasteiger partial charge on any atom is -0.433 e. The van der Waals surface area contributed by atoms with Gasteiger partial charge in [-0.25, -0.2) is 0 Å². The Morgan fingerprint density at radius 3 is 2.62 bits per heavy atom. The summed E-state index contributed by atoms with van der Waals surface area (Å²) in [6.45, 7) is 3.58. The molecule has 3 N–H and O–H groups in total. The van der Waals surface area contributed by atoms with Gasteiger partial charge < -0.3 is 30.3 Å². The van der Waals surface area contributed by atoms with Gasteiger partial charge in [0.25, 0.3) is 11.8 Å². The van der Waals surface area contributed by atoms with Gasteiger partial charge in [-0.05, 0) is 29.7 Å². The summed E-state index contributed by atoms with van der Waals surface area (Å²) in [6, 6.07) is 6.47. The van der Waals surface area contributed by atoms with Crippen LogP contribution in [0.25, 0.3) is 0 Å². The number of hydrogen-bond acceptors (Lipinski definition) is 7. The molecule has 2 aromatic rings. The van der Waals surface area contributed by atoms with Crippen molar-refractivity contribution in [2.45, 2.75) is 33.4 Å². The van der Waals surface area contributed by atoms with E-state index in [4.69, 9.17) is 16.3 Å². The molecule has 0 radical (unpaired) electrons. The van der Waals surface area contributed by atoms with Gasteiger partial charge in [-0.1, -0.05) is 32.4 Å². The highest BCUT2D eigenvalue weighted by molar-refractivity contribution is 7.18. The first-order chi connectivity index (χ1) is 17.4. The largest absolute Gasteiger partial charge is 0.433 e. The van der Waals surface area contributed by atoms with Crippen molar-refractivity contribution in [2.75, 3.05) is 43.1 Å². The van der Waals surface area contributed by atoms with Crippen LogP contribution in [0.2, 0.25) is 4.34 Å². The number of morpholine rings is 1. The minimum atomic E-state index is -3.15.